The van der Waals surface area contributed by atoms with E-state index >= 15 is 0 Å². The Kier molecular flexibility index (Phi) is 1.43. The third kappa shape index (κ3) is 0.759. The van der Waals surface area contributed by atoms with Crippen LogP contribution in [0.25, 0.3) is 0 Å². The molecule has 0 amide bonds. The van der Waals surface area contributed by atoms with Gasteiger partial charge in [-0.05, 0) is 24.4 Å². The Morgan fingerprint density at radius 1 is 1.70 bits per heavy atom. The average molecular weight is 155 g/mol. The lowest BCUT2D eigenvalue weighted by Crippen LogP contribution is -2.09. The van der Waals surface area contributed by atoms with Gasteiger partial charge < -0.3 is 5.73 Å². The van der Waals surface area contributed by atoms with Crippen molar-refractivity contribution in [2.24, 2.45) is 5.73 Å². The molecule has 0 saturated heterocycles. The lowest BCUT2D eigenvalue weighted by Gasteiger charge is -2.00. The highest BCUT2D eigenvalue weighted by Gasteiger charge is 2.24. The van der Waals surface area contributed by atoms with Crippen LogP contribution in [0.4, 0.5) is 0 Å². The van der Waals surface area contributed by atoms with Gasteiger partial charge in [0.1, 0.15) is 0 Å². The van der Waals surface area contributed by atoms with Crippen LogP contribution in [0.3, 0.4) is 0 Å². The number of aryl methyl sites for hydroxylation is 1. The number of rotatable bonds is 1. The highest BCUT2D eigenvalue weighted by Crippen LogP contribution is 2.31. The van der Waals surface area contributed by atoms with E-state index in [0.29, 0.717) is 5.92 Å². The van der Waals surface area contributed by atoms with E-state index in [2.05, 4.69) is 9.59 Å². The largest absolute Gasteiger partial charge is 0.330 e. The fraction of sp³-hybridized carbons (Fsp3) is 0.667. The Bertz CT molecular complexity index is 233. The lowest BCUT2D eigenvalue weighted by atomic mass is 10.1. The molecular formula is C6H9N3S. The zero-order valence-corrected chi connectivity index (χ0v) is 6.40. The minimum absolute atomic E-state index is 0.494. The second-order valence-corrected chi connectivity index (χ2v) is 3.39. The molecule has 1 unspecified atom stereocenters. The summed E-state index contributed by atoms with van der Waals surface area (Å²) < 4.78 is 3.88. The molecule has 1 aliphatic carbocycles. The molecule has 0 bridgehead atoms. The lowest BCUT2D eigenvalue weighted by molar-refractivity contribution is 0.667. The van der Waals surface area contributed by atoms with E-state index in [1.54, 1.807) is 0 Å². The number of aromatic nitrogens is 2. The Morgan fingerprint density at radius 3 is 3.40 bits per heavy atom. The zero-order chi connectivity index (χ0) is 6.97. The molecule has 0 fully saturated rings. The molecule has 0 radical (unpaired) electrons. The summed E-state index contributed by atoms with van der Waals surface area (Å²) in [5, 5.41) is 4.04. The summed E-state index contributed by atoms with van der Waals surface area (Å²) in [6, 6.07) is 0. The number of hydrogen-bond acceptors (Lipinski definition) is 4. The first-order valence-corrected chi connectivity index (χ1v) is 4.20. The molecule has 54 valence electrons. The molecule has 1 aromatic heterocycles. The maximum absolute atomic E-state index is 5.54. The van der Waals surface area contributed by atoms with Crippen molar-refractivity contribution < 1.29 is 0 Å². The van der Waals surface area contributed by atoms with Crippen molar-refractivity contribution >= 4 is 11.5 Å². The van der Waals surface area contributed by atoms with Gasteiger partial charge in [0, 0.05) is 17.3 Å². The van der Waals surface area contributed by atoms with Crippen LogP contribution in [0.1, 0.15) is 22.9 Å². The van der Waals surface area contributed by atoms with E-state index in [4.69, 9.17) is 5.73 Å². The summed E-state index contributed by atoms with van der Waals surface area (Å²) in [4.78, 5) is 1.34. The second-order valence-electron chi connectivity index (χ2n) is 2.55. The van der Waals surface area contributed by atoms with E-state index in [9.17, 15) is 0 Å². The monoisotopic (exact) mass is 155 g/mol. The zero-order valence-electron chi connectivity index (χ0n) is 5.58. The van der Waals surface area contributed by atoms with Crippen LogP contribution >= 0.6 is 11.5 Å². The van der Waals surface area contributed by atoms with Gasteiger partial charge in [0.15, 0.2) is 0 Å². The molecule has 0 aliphatic heterocycles. The molecule has 10 heavy (non-hydrogen) atoms. The highest BCUT2D eigenvalue weighted by atomic mass is 32.1. The van der Waals surface area contributed by atoms with E-state index in [0.717, 1.165) is 18.7 Å². The van der Waals surface area contributed by atoms with Crippen molar-refractivity contribution in [1.82, 2.24) is 9.59 Å². The van der Waals surface area contributed by atoms with Crippen LogP contribution in [-0.2, 0) is 6.42 Å². The first kappa shape index (κ1) is 6.24. The van der Waals surface area contributed by atoms with Gasteiger partial charge >= 0.3 is 0 Å². The second kappa shape index (κ2) is 2.29. The summed E-state index contributed by atoms with van der Waals surface area (Å²) in [6.07, 6.45) is 2.31. The van der Waals surface area contributed by atoms with Crippen molar-refractivity contribution in [3.8, 4) is 0 Å². The molecule has 0 saturated carbocycles. The van der Waals surface area contributed by atoms with Gasteiger partial charge in [-0.25, -0.2) is 0 Å². The van der Waals surface area contributed by atoms with Crippen molar-refractivity contribution in [3.63, 3.8) is 0 Å². The highest BCUT2D eigenvalue weighted by molar-refractivity contribution is 7.05. The van der Waals surface area contributed by atoms with Gasteiger partial charge in [-0.1, -0.05) is 4.49 Å². The average Bonchev–Trinajstić information content (AvgIpc) is 2.44. The molecule has 4 heteroatoms. The van der Waals surface area contributed by atoms with Crippen LogP contribution in [0, 0.1) is 0 Å². The van der Waals surface area contributed by atoms with Gasteiger partial charge in [0.2, 0.25) is 0 Å². The smallest absolute Gasteiger partial charge is 0.0831 e. The topological polar surface area (TPSA) is 51.8 Å². The molecule has 1 aromatic rings. The summed E-state index contributed by atoms with van der Waals surface area (Å²) in [6.45, 7) is 0.721. The third-order valence-electron chi connectivity index (χ3n) is 1.98. The van der Waals surface area contributed by atoms with E-state index in [1.807, 2.05) is 0 Å². The molecule has 2 N–H and O–H groups in total. The molecule has 1 aliphatic rings. The predicted octanol–water partition coefficient (Wildman–Crippen LogP) is 0.527. The van der Waals surface area contributed by atoms with Crippen molar-refractivity contribution in [2.45, 2.75) is 18.8 Å². The maximum Gasteiger partial charge on any atom is 0.0831 e. The Labute approximate surface area is 63.4 Å². The molecule has 1 atom stereocenters. The third-order valence-corrected chi connectivity index (χ3v) is 2.77. The predicted molar refractivity (Wildman–Crippen MR) is 40.0 cm³/mol. The van der Waals surface area contributed by atoms with E-state index in [1.165, 1.54) is 22.8 Å². The summed E-state index contributed by atoms with van der Waals surface area (Å²) in [7, 11) is 0. The first-order valence-electron chi connectivity index (χ1n) is 3.43. The Morgan fingerprint density at radius 2 is 2.60 bits per heavy atom. The minimum Gasteiger partial charge on any atom is -0.330 e. The van der Waals surface area contributed by atoms with E-state index < -0.39 is 0 Å². The fourth-order valence-electron chi connectivity index (χ4n) is 1.37. The molecule has 1 heterocycles. The van der Waals surface area contributed by atoms with Gasteiger partial charge in [-0.15, -0.1) is 5.10 Å². The quantitative estimate of drug-likeness (QED) is 0.643. The Balaban J connectivity index is 2.34. The Hall–Kier alpha value is -0.480. The number of nitrogens with two attached hydrogens (primary N) is 1. The normalized spacial score (nSPS) is 23.1. The summed E-state index contributed by atoms with van der Waals surface area (Å²) >= 11 is 1.51. The van der Waals surface area contributed by atoms with E-state index in [-0.39, 0.29) is 0 Å². The summed E-state index contributed by atoms with van der Waals surface area (Å²) in [5.41, 5.74) is 6.70. The van der Waals surface area contributed by atoms with Crippen molar-refractivity contribution in [2.75, 3.05) is 6.54 Å². The molecule has 3 nitrogen and oxygen atoms in total. The number of nitrogens with zero attached hydrogens (tertiary/aromatic N) is 2. The van der Waals surface area contributed by atoms with Gasteiger partial charge in [-0.2, -0.15) is 0 Å². The standard InChI is InChI=1S/C6H9N3S/c7-3-4-1-2-5-6(4)8-9-10-5/h4H,1-3,7H2. The van der Waals surface area contributed by atoms with Crippen LogP contribution in [0.15, 0.2) is 0 Å². The molecule has 2 rings (SSSR count). The molecule has 0 spiro atoms. The van der Waals surface area contributed by atoms with Crippen LogP contribution in [0.5, 0.6) is 0 Å². The minimum atomic E-state index is 0.494. The SMILES string of the molecule is NCC1CCc2snnc21. The number of fused-ring (bicyclic) bond motifs is 1. The number of hydrogen-bond donors (Lipinski definition) is 1. The fourth-order valence-corrected chi connectivity index (χ4v) is 2.11. The van der Waals surface area contributed by atoms with Crippen LogP contribution in [0.2, 0.25) is 0 Å². The van der Waals surface area contributed by atoms with Crippen molar-refractivity contribution in [3.05, 3.63) is 10.6 Å². The van der Waals surface area contributed by atoms with Crippen molar-refractivity contribution in [1.29, 1.82) is 0 Å². The maximum atomic E-state index is 5.54. The first-order chi connectivity index (χ1) is 4.92. The molecular weight excluding hydrogens is 146 g/mol. The van der Waals surface area contributed by atoms with Gasteiger partial charge in [0.05, 0.1) is 5.69 Å². The van der Waals surface area contributed by atoms with Gasteiger partial charge in [0.25, 0.3) is 0 Å². The van der Waals surface area contributed by atoms with Gasteiger partial charge in [-0.3, -0.25) is 0 Å². The van der Waals surface area contributed by atoms with Crippen LogP contribution in [-0.4, -0.2) is 16.1 Å². The summed E-state index contributed by atoms with van der Waals surface area (Å²) in [5.74, 6) is 0.494. The molecule has 0 aromatic carbocycles. The van der Waals surface area contributed by atoms with Crippen LogP contribution < -0.4 is 5.73 Å².